The lowest BCUT2D eigenvalue weighted by Gasteiger charge is -2.12. The van der Waals surface area contributed by atoms with Crippen LogP contribution < -0.4 is 4.74 Å². The van der Waals surface area contributed by atoms with E-state index in [-0.39, 0.29) is 6.61 Å². The molecule has 2 nitrogen and oxygen atoms in total. The van der Waals surface area contributed by atoms with Gasteiger partial charge in [-0.3, -0.25) is 0 Å². The van der Waals surface area contributed by atoms with E-state index in [4.69, 9.17) is 9.84 Å². The Labute approximate surface area is 126 Å². The van der Waals surface area contributed by atoms with Crippen molar-refractivity contribution in [3.63, 3.8) is 0 Å². The normalized spacial score (nSPS) is 10.7. The summed E-state index contributed by atoms with van der Waals surface area (Å²) < 4.78 is 5.63. The molecule has 108 valence electrons. The monoisotopic (exact) mass is 280 g/mol. The Morgan fingerprint density at radius 2 is 1.81 bits per heavy atom. The third kappa shape index (κ3) is 4.33. The lowest BCUT2D eigenvalue weighted by Crippen LogP contribution is -2.03. The number of aliphatic hydroxyl groups is 1. The molecule has 0 aliphatic heterocycles. The fraction of sp³-hybridized carbons (Fsp3) is 0.158. The predicted octanol–water partition coefficient (Wildman–Crippen LogP) is 3.96. The van der Waals surface area contributed by atoms with Crippen LogP contribution in [-0.2, 0) is 6.42 Å². The van der Waals surface area contributed by atoms with Crippen LogP contribution in [0.5, 0.6) is 5.75 Å². The molecular weight excluding hydrogens is 260 g/mol. The Morgan fingerprint density at radius 3 is 2.52 bits per heavy atom. The van der Waals surface area contributed by atoms with Crippen LogP contribution in [0.2, 0.25) is 0 Å². The zero-order valence-electron chi connectivity index (χ0n) is 12.0. The first-order valence-corrected chi connectivity index (χ1v) is 7.04. The van der Waals surface area contributed by atoms with Gasteiger partial charge in [-0.25, -0.2) is 0 Å². The van der Waals surface area contributed by atoms with E-state index in [9.17, 15) is 0 Å². The maximum Gasteiger partial charge on any atom is 0.126 e. The third-order valence-electron chi connectivity index (χ3n) is 3.11. The van der Waals surface area contributed by atoms with Gasteiger partial charge in [-0.15, -0.1) is 6.58 Å². The van der Waals surface area contributed by atoms with Crippen molar-refractivity contribution in [3.05, 3.63) is 77.9 Å². The van der Waals surface area contributed by atoms with Crippen LogP contribution in [-0.4, -0.2) is 18.3 Å². The van der Waals surface area contributed by atoms with Gasteiger partial charge in [0.05, 0.1) is 6.61 Å². The highest BCUT2D eigenvalue weighted by atomic mass is 16.5. The van der Waals surface area contributed by atoms with Gasteiger partial charge in [0.15, 0.2) is 0 Å². The quantitative estimate of drug-likeness (QED) is 0.614. The van der Waals surface area contributed by atoms with Crippen molar-refractivity contribution >= 4 is 12.2 Å². The predicted molar refractivity (Wildman–Crippen MR) is 88.3 cm³/mol. The summed E-state index contributed by atoms with van der Waals surface area (Å²) in [6.07, 6.45) is 6.78. The van der Waals surface area contributed by atoms with E-state index in [1.54, 1.807) is 0 Å². The van der Waals surface area contributed by atoms with E-state index in [0.717, 1.165) is 28.9 Å². The smallest absolute Gasteiger partial charge is 0.126 e. The van der Waals surface area contributed by atoms with E-state index in [1.165, 1.54) is 0 Å². The van der Waals surface area contributed by atoms with Crippen LogP contribution in [0.3, 0.4) is 0 Å². The molecule has 0 aliphatic carbocycles. The van der Waals surface area contributed by atoms with E-state index >= 15 is 0 Å². The van der Waals surface area contributed by atoms with E-state index in [0.29, 0.717) is 6.61 Å². The van der Waals surface area contributed by atoms with Crippen molar-refractivity contribution in [2.24, 2.45) is 0 Å². The number of rotatable bonds is 7. The minimum absolute atomic E-state index is 0.00747. The summed E-state index contributed by atoms with van der Waals surface area (Å²) in [4.78, 5) is 0. The Morgan fingerprint density at radius 1 is 1.00 bits per heavy atom. The molecule has 0 saturated carbocycles. The number of benzene rings is 2. The van der Waals surface area contributed by atoms with Crippen LogP contribution in [0.4, 0.5) is 0 Å². The topological polar surface area (TPSA) is 29.5 Å². The highest BCUT2D eigenvalue weighted by molar-refractivity contribution is 5.74. The Balaban J connectivity index is 2.33. The van der Waals surface area contributed by atoms with Crippen LogP contribution in [0.15, 0.2) is 61.2 Å². The molecule has 0 bridgehead atoms. The minimum Gasteiger partial charge on any atom is -0.491 e. The highest BCUT2D eigenvalue weighted by Gasteiger charge is 2.06. The SMILES string of the molecule is C=CCc1cccc(OCCO)c1C=Cc1ccccc1. The molecule has 0 spiro atoms. The Bertz CT molecular complexity index is 600. The standard InChI is InChI=1S/C19H20O2/c1-2-7-17-10-6-11-19(21-15-14-20)18(17)13-12-16-8-4-3-5-9-16/h2-6,8-13,20H,1,7,14-15H2. The number of hydrogen-bond donors (Lipinski definition) is 1. The van der Waals surface area contributed by atoms with Crippen molar-refractivity contribution in [1.82, 2.24) is 0 Å². The minimum atomic E-state index is 0.00747. The molecule has 2 rings (SSSR count). The van der Waals surface area contributed by atoms with E-state index in [1.807, 2.05) is 36.4 Å². The molecule has 0 atom stereocenters. The molecule has 0 unspecified atom stereocenters. The molecule has 2 heteroatoms. The molecule has 0 radical (unpaired) electrons. The maximum absolute atomic E-state index is 8.94. The molecule has 0 aliphatic rings. The molecule has 2 aromatic rings. The zero-order chi connectivity index (χ0) is 14.9. The fourth-order valence-corrected chi connectivity index (χ4v) is 2.14. The van der Waals surface area contributed by atoms with Gasteiger partial charge in [-0.05, 0) is 23.6 Å². The van der Waals surface area contributed by atoms with Gasteiger partial charge < -0.3 is 9.84 Å². The van der Waals surface area contributed by atoms with Crippen LogP contribution in [0.1, 0.15) is 16.7 Å². The second-order valence-electron chi connectivity index (χ2n) is 4.64. The lowest BCUT2D eigenvalue weighted by molar-refractivity contribution is 0.201. The average molecular weight is 280 g/mol. The summed E-state index contributed by atoms with van der Waals surface area (Å²) in [6, 6.07) is 16.1. The van der Waals surface area contributed by atoms with Crippen LogP contribution in [0, 0.1) is 0 Å². The van der Waals surface area contributed by atoms with Crippen molar-refractivity contribution in [3.8, 4) is 5.75 Å². The second-order valence-corrected chi connectivity index (χ2v) is 4.64. The molecule has 0 saturated heterocycles. The number of hydrogen-bond acceptors (Lipinski definition) is 2. The van der Waals surface area contributed by atoms with Gasteiger partial charge in [-0.2, -0.15) is 0 Å². The summed E-state index contributed by atoms with van der Waals surface area (Å²) in [5.41, 5.74) is 3.33. The first kappa shape index (κ1) is 15.1. The van der Waals surface area contributed by atoms with Gasteiger partial charge in [0.1, 0.15) is 12.4 Å². The summed E-state index contributed by atoms with van der Waals surface area (Å²) in [7, 11) is 0. The second kappa shape index (κ2) is 8.08. The Hall–Kier alpha value is -2.32. The third-order valence-corrected chi connectivity index (χ3v) is 3.11. The van der Waals surface area contributed by atoms with Gasteiger partial charge in [0.25, 0.3) is 0 Å². The van der Waals surface area contributed by atoms with Crippen molar-refractivity contribution in [2.75, 3.05) is 13.2 Å². The largest absolute Gasteiger partial charge is 0.491 e. The molecule has 0 heterocycles. The zero-order valence-corrected chi connectivity index (χ0v) is 12.0. The van der Waals surface area contributed by atoms with E-state index < -0.39 is 0 Å². The Kier molecular flexibility index (Phi) is 5.80. The fourth-order valence-electron chi connectivity index (χ4n) is 2.14. The molecule has 2 aromatic carbocycles. The highest BCUT2D eigenvalue weighted by Crippen LogP contribution is 2.25. The molecule has 0 amide bonds. The summed E-state index contributed by atoms with van der Waals surface area (Å²) in [6.45, 7) is 4.11. The van der Waals surface area contributed by atoms with Crippen molar-refractivity contribution in [2.45, 2.75) is 6.42 Å². The van der Waals surface area contributed by atoms with Gasteiger partial charge >= 0.3 is 0 Å². The lowest BCUT2D eigenvalue weighted by atomic mass is 10.0. The maximum atomic E-state index is 8.94. The number of ether oxygens (including phenoxy) is 1. The number of aliphatic hydroxyl groups excluding tert-OH is 1. The van der Waals surface area contributed by atoms with Crippen molar-refractivity contribution < 1.29 is 9.84 Å². The molecule has 21 heavy (non-hydrogen) atoms. The van der Waals surface area contributed by atoms with Crippen LogP contribution >= 0.6 is 0 Å². The van der Waals surface area contributed by atoms with E-state index in [2.05, 4.69) is 36.9 Å². The first-order valence-electron chi connectivity index (χ1n) is 7.04. The molecule has 0 fully saturated rings. The van der Waals surface area contributed by atoms with Gasteiger partial charge in [-0.1, -0.05) is 60.7 Å². The summed E-state index contributed by atoms with van der Waals surface area (Å²) in [5.74, 6) is 0.788. The van der Waals surface area contributed by atoms with Gasteiger partial charge in [0, 0.05) is 5.56 Å². The summed E-state index contributed by atoms with van der Waals surface area (Å²) >= 11 is 0. The van der Waals surface area contributed by atoms with Crippen LogP contribution in [0.25, 0.3) is 12.2 Å². The van der Waals surface area contributed by atoms with Crippen molar-refractivity contribution in [1.29, 1.82) is 0 Å². The molecule has 1 N–H and O–H groups in total. The summed E-state index contributed by atoms with van der Waals surface area (Å²) in [5, 5.41) is 8.94. The van der Waals surface area contributed by atoms with Gasteiger partial charge in [0.2, 0.25) is 0 Å². The molecule has 0 aromatic heterocycles. The average Bonchev–Trinajstić information content (AvgIpc) is 2.53. The number of allylic oxidation sites excluding steroid dienone is 1. The molecular formula is C19H20O2. The first-order chi connectivity index (χ1) is 10.3.